The Morgan fingerprint density at radius 1 is 1.06 bits per heavy atom. The first-order valence-electron chi connectivity index (χ1n) is 10.2. The molecule has 32 heavy (non-hydrogen) atoms. The molecule has 0 aliphatic heterocycles. The molecule has 4 aromatic rings. The maximum Gasteiger partial charge on any atom is 0.248 e. The zero-order valence-corrected chi connectivity index (χ0v) is 18.7. The molecule has 1 amide bonds. The number of carbonyl (C=O) groups is 1. The predicted molar refractivity (Wildman–Crippen MR) is 127 cm³/mol. The standard InChI is InChI=1S/C20H17N5O2.C4H11N/c1-27-16-11-7-13(8-12-16)17-3-2-4-18-23-20(24-25(17)18)22-15-9-5-14(6-10-15)19(21)26;1-4-5(2)3/h2-12H,1H3,(H2,21,26)(H,22,24);4H2,1-3H3. The number of benzene rings is 2. The molecule has 0 spiro atoms. The summed E-state index contributed by atoms with van der Waals surface area (Å²) >= 11 is 0. The molecule has 0 radical (unpaired) electrons. The van der Waals surface area contributed by atoms with E-state index >= 15 is 0 Å². The predicted octanol–water partition coefficient (Wildman–Crippen LogP) is 3.82. The smallest absolute Gasteiger partial charge is 0.248 e. The Bertz CT molecular complexity index is 1170. The molecule has 0 aliphatic rings. The number of methoxy groups -OCH3 is 1. The third-order valence-corrected chi connectivity index (χ3v) is 4.80. The molecule has 0 bridgehead atoms. The number of ether oxygens (including phenoxy) is 1. The Morgan fingerprint density at radius 3 is 2.28 bits per heavy atom. The molecule has 0 atom stereocenters. The van der Waals surface area contributed by atoms with Crippen LogP contribution in [0.2, 0.25) is 0 Å². The number of nitrogens with two attached hydrogens (primary N) is 1. The third kappa shape index (κ3) is 5.61. The van der Waals surface area contributed by atoms with Crippen molar-refractivity contribution in [3.63, 3.8) is 0 Å². The van der Waals surface area contributed by atoms with Crippen LogP contribution in [0, 0.1) is 0 Å². The summed E-state index contributed by atoms with van der Waals surface area (Å²) in [5, 5.41) is 7.70. The molecule has 4 rings (SSSR count). The van der Waals surface area contributed by atoms with Gasteiger partial charge in [0.15, 0.2) is 5.65 Å². The highest BCUT2D eigenvalue weighted by atomic mass is 16.5. The van der Waals surface area contributed by atoms with E-state index in [1.807, 2.05) is 42.5 Å². The van der Waals surface area contributed by atoms with Crippen LogP contribution in [0.4, 0.5) is 11.6 Å². The van der Waals surface area contributed by atoms with Gasteiger partial charge in [0.1, 0.15) is 5.75 Å². The summed E-state index contributed by atoms with van der Waals surface area (Å²) in [6, 6.07) is 20.4. The largest absolute Gasteiger partial charge is 0.497 e. The molecule has 0 saturated carbocycles. The van der Waals surface area contributed by atoms with E-state index in [0.717, 1.165) is 34.9 Å². The van der Waals surface area contributed by atoms with E-state index in [1.54, 1.807) is 35.9 Å². The van der Waals surface area contributed by atoms with Gasteiger partial charge < -0.3 is 20.7 Å². The van der Waals surface area contributed by atoms with E-state index in [0.29, 0.717) is 11.5 Å². The summed E-state index contributed by atoms with van der Waals surface area (Å²) in [4.78, 5) is 17.8. The van der Waals surface area contributed by atoms with Gasteiger partial charge in [-0.05, 0) is 81.3 Å². The van der Waals surface area contributed by atoms with E-state index in [4.69, 9.17) is 10.5 Å². The number of pyridine rings is 1. The molecule has 2 aromatic heterocycles. The Balaban J connectivity index is 0.000000523. The molecule has 0 unspecified atom stereocenters. The molecule has 0 saturated heterocycles. The van der Waals surface area contributed by atoms with Crippen molar-refractivity contribution in [1.82, 2.24) is 19.5 Å². The Labute approximate surface area is 187 Å². The average Bonchev–Trinajstić information content (AvgIpc) is 3.22. The van der Waals surface area contributed by atoms with Gasteiger partial charge in [0.2, 0.25) is 11.9 Å². The summed E-state index contributed by atoms with van der Waals surface area (Å²) in [5.41, 5.74) is 9.12. The lowest BCUT2D eigenvalue weighted by atomic mass is 10.1. The summed E-state index contributed by atoms with van der Waals surface area (Å²) in [7, 11) is 5.75. The van der Waals surface area contributed by atoms with Crippen molar-refractivity contribution >= 4 is 23.2 Å². The van der Waals surface area contributed by atoms with Crippen LogP contribution in [0.15, 0.2) is 66.7 Å². The van der Waals surface area contributed by atoms with Crippen molar-refractivity contribution in [3.05, 3.63) is 72.3 Å². The number of primary amides is 1. The van der Waals surface area contributed by atoms with Crippen molar-refractivity contribution in [3.8, 4) is 17.0 Å². The number of anilines is 2. The fourth-order valence-corrected chi connectivity index (χ4v) is 2.79. The van der Waals surface area contributed by atoms with Crippen LogP contribution < -0.4 is 15.8 Å². The topological polar surface area (TPSA) is 97.8 Å². The fraction of sp³-hybridized carbons (Fsp3) is 0.208. The van der Waals surface area contributed by atoms with Gasteiger partial charge in [-0.1, -0.05) is 13.0 Å². The minimum absolute atomic E-state index is 0.449. The van der Waals surface area contributed by atoms with E-state index < -0.39 is 5.91 Å². The molecular weight excluding hydrogens is 404 g/mol. The SMILES string of the molecule is CCN(C)C.COc1ccc(-c2cccc3nc(Nc4ccc(C(N)=O)cc4)nn23)cc1. The number of aromatic nitrogens is 3. The second-order valence-corrected chi connectivity index (χ2v) is 7.31. The molecule has 2 aromatic carbocycles. The lowest BCUT2D eigenvalue weighted by molar-refractivity contribution is 0.100. The van der Waals surface area contributed by atoms with Gasteiger partial charge in [-0.25, -0.2) is 4.52 Å². The number of nitrogens with one attached hydrogen (secondary N) is 1. The summed E-state index contributed by atoms with van der Waals surface area (Å²) in [6.45, 7) is 3.26. The molecule has 2 heterocycles. The van der Waals surface area contributed by atoms with E-state index in [1.165, 1.54) is 0 Å². The highest BCUT2D eigenvalue weighted by Crippen LogP contribution is 2.24. The number of fused-ring (bicyclic) bond motifs is 1. The van der Waals surface area contributed by atoms with Crippen LogP contribution in [-0.2, 0) is 0 Å². The monoisotopic (exact) mass is 432 g/mol. The summed E-state index contributed by atoms with van der Waals surface area (Å²) in [6.07, 6.45) is 0. The third-order valence-electron chi connectivity index (χ3n) is 4.80. The van der Waals surface area contributed by atoms with Gasteiger partial charge in [-0.15, -0.1) is 5.10 Å². The number of hydrogen-bond donors (Lipinski definition) is 2. The van der Waals surface area contributed by atoms with Crippen LogP contribution in [-0.4, -0.2) is 53.2 Å². The molecule has 0 fully saturated rings. The Hall–Kier alpha value is -3.91. The van der Waals surface area contributed by atoms with Crippen LogP contribution in [0.25, 0.3) is 16.9 Å². The number of carbonyl (C=O) groups excluding carboxylic acids is 1. The maximum absolute atomic E-state index is 11.2. The highest BCUT2D eigenvalue weighted by molar-refractivity contribution is 5.93. The first-order valence-corrected chi connectivity index (χ1v) is 10.2. The molecule has 166 valence electrons. The van der Waals surface area contributed by atoms with Gasteiger partial charge in [-0.2, -0.15) is 4.98 Å². The van der Waals surface area contributed by atoms with Crippen molar-refractivity contribution in [1.29, 1.82) is 0 Å². The second-order valence-electron chi connectivity index (χ2n) is 7.31. The van der Waals surface area contributed by atoms with Crippen molar-refractivity contribution in [2.24, 2.45) is 5.73 Å². The van der Waals surface area contributed by atoms with Gasteiger partial charge >= 0.3 is 0 Å². The first-order chi connectivity index (χ1) is 15.4. The lowest BCUT2D eigenvalue weighted by Crippen LogP contribution is -2.10. The van der Waals surface area contributed by atoms with Crippen LogP contribution in [0.5, 0.6) is 5.75 Å². The summed E-state index contributed by atoms with van der Waals surface area (Å²) < 4.78 is 6.99. The zero-order valence-electron chi connectivity index (χ0n) is 18.7. The van der Waals surface area contributed by atoms with E-state index in [-0.39, 0.29) is 0 Å². The Morgan fingerprint density at radius 2 is 1.72 bits per heavy atom. The molecular formula is C24H28N6O2. The molecule has 8 nitrogen and oxygen atoms in total. The van der Waals surface area contributed by atoms with Crippen molar-refractivity contribution in [2.75, 3.05) is 33.1 Å². The van der Waals surface area contributed by atoms with Gasteiger partial charge in [-0.3, -0.25) is 4.79 Å². The van der Waals surface area contributed by atoms with Gasteiger partial charge in [0.25, 0.3) is 0 Å². The van der Waals surface area contributed by atoms with E-state index in [9.17, 15) is 4.79 Å². The molecule has 8 heteroatoms. The Kier molecular flexibility index (Phi) is 7.41. The lowest BCUT2D eigenvalue weighted by Gasteiger charge is -2.05. The number of hydrogen-bond acceptors (Lipinski definition) is 6. The minimum Gasteiger partial charge on any atom is -0.497 e. The quantitative estimate of drug-likeness (QED) is 0.481. The van der Waals surface area contributed by atoms with Crippen LogP contribution >= 0.6 is 0 Å². The van der Waals surface area contributed by atoms with Crippen LogP contribution in [0.1, 0.15) is 17.3 Å². The number of amides is 1. The fourth-order valence-electron chi connectivity index (χ4n) is 2.79. The van der Waals surface area contributed by atoms with Crippen molar-refractivity contribution in [2.45, 2.75) is 6.92 Å². The highest BCUT2D eigenvalue weighted by Gasteiger charge is 2.09. The number of nitrogens with zero attached hydrogens (tertiary/aromatic N) is 4. The maximum atomic E-state index is 11.2. The number of rotatable bonds is 6. The molecule has 3 N–H and O–H groups in total. The average molecular weight is 433 g/mol. The normalized spacial score (nSPS) is 10.5. The first kappa shape index (κ1) is 22.8. The van der Waals surface area contributed by atoms with Crippen LogP contribution in [0.3, 0.4) is 0 Å². The molecule has 0 aliphatic carbocycles. The van der Waals surface area contributed by atoms with Gasteiger partial charge in [0, 0.05) is 16.8 Å². The van der Waals surface area contributed by atoms with Gasteiger partial charge in [0.05, 0.1) is 12.8 Å². The summed E-state index contributed by atoms with van der Waals surface area (Å²) in [5.74, 6) is 0.797. The second kappa shape index (κ2) is 10.4. The van der Waals surface area contributed by atoms with Crippen molar-refractivity contribution < 1.29 is 9.53 Å². The van der Waals surface area contributed by atoms with E-state index in [2.05, 4.69) is 41.3 Å². The zero-order chi connectivity index (χ0) is 23.1. The minimum atomic E-state index is -0.462.